The molecule has 5 nitrogen and oxygen atoms in total. The van der Waals surface area contributed by atoms with Crippen molar-refractivity contribution in [3.05, 3.63) is 11.8 Å². The molecular formula is C10H18N4O. The van der Waals surface area contributed by atoms with Crippen LogP contribution in [0.15, 0.2) is 6.07 Å². The molecule has 0 radical (unpaired) electrons. The summed E-state index contributed by atoms with van der Waals surface area (Å²) in [5.74, 6) is 1.04. The number of hydrogen-bond acceptors (Lipinski definition) is 5. The van der Waals surface area contributed by atoms with Crippen LogP contribution in [0.2, 0.25) is 0 Å². The molecule has 0 spiro atoms. The molecule has 1 aromatic heterocycles. The van der Waals surface area contributed by atoms with E-state index >= 15 is 0 Å². The van der Waals surface area contributed by atoms with Crippen LogP contribution in [0.3, 0.4) is 0 Å². The zero-order valence-corrected chi connectivity index (χ0v) is 9.45. The van der Waals surface area contributed by atoms with E-state index in [-0.39, 0.29) is 6.04 Å². The Morgan fingerprint density at radius 2 is 2.27 bits per heavy atom. The minimum atomic E-state index is 0.207. The SMILES string of the molecule is CCOCC(C)Nc1cc(C)nc(N)n1. The van der Waals surface area contributed by atoms with Gasteiger partial charge in [-0.2, -0.15) is 4.98 Å². The summed E-state index contributed by atoms with van der Waals surface area (Å²) in [4.78, 5) is 8.08. The Morgan fingerprint density at radius 1 is 1.53 bits per heavy atom. The van der Waals surface area contributed by atoms with Gasteiger partial charge in [0, 0.05) is 24.4 Å². The third-order valence-corrected chi connectivity index (χ3v) is 1.84. The third kappa shape index (κ3) is 4.12. The Labute approximate surface area is 90.1 Å². The summed E-state index contributed by atoms with van der Waals surface area (Å²) in [6.45, 7) is 7.26. The van der Waals surface area contributed by atoms with E-state index in [1.54, 1.807) is 0 Å². The van der Waals surface area contributed by atoms with Gasteiger partial charge in [0.25, 0.3) is 0 Å². The number of ether oxygens (including phenoxy) is 1. The summed E-state index contributed by atoms with van der Waals surface area (Å²) in [5.41, 5.74) is 6.40. The second-order valence-electron chi connectivity index (χ2n) is 3.46. The molecule has 0 saturated heterocycles. The summed E-state index contributed by atoms with van der Waals surface area (Å²) in [6, 6.07) is 2.07. The zero-order chi connectivity index (χ0) is 11.3. The number of nitrogens with zero attached hydrogens (tertiary/aromatic N) is 2. The molecule has 15 heavy (non-hydrogen) atoms. The Kier molecular flexibility index (Phi) is 4.30. The minimum absolute atomic E-state index is 0.207. The monoisotopic (exact) mass is 210 g/mol. The van der Waals surface area contributed by atoms with Crippen LogP contribution in [-0.2, 0) is 4.74 Å². The van der Waals surface area contributed by atoms with Gasteiger partial charge in [-0.25, -0.2) is 4.98 Å². The van der Waals surface area contributed by atoms with Crippen molar-refractivity contribution in [2.24, 2.45) is 0 Å². The van der Waals surface area contributed by atoms with Gasteiger partial charge in [0.2, 0.25) is 5.95 Å². The van der Waals surface area contributed by atoms with Crippen LogP contribution in [0.5, 0.6) is 0 Å². The number of anilines is 2. The lowest BCUT2D eigenvalue weighted by molar-refractivity contribution is 0.141. The number of nitrogens with two attached hydrogens (primary N) is 1. The highest BCUT2D eigenvalue weighted by Crippen LogP contribution is 2.08. The fourth-order valence-electron chi connectivity index (χ4n) is 1.25. The summed E-state index contributed by atoms with van der Waals surface area (Å²) >= 11 is 0. The Morgan fingerprint density at radius 3 is 2.87 bits per heavy atom. The molecule has 84 valence electrons. The third-order valence-electron chi connectivity index (χ3n) is 1.84. The van der Waals surface area contributed by atoms with Crippen molar-refractivity contribution in [3.8, 4) is 0 Å². The number of nitrogens with one attached hydrogen (secondary N) is 1. The molecule has 3 N–H and O–H groups in total. The zero-order valence-electron chi connectivity index (χ0n) is 9.45. The van der Waals surface area contributed by atoms with Crippen molar-refractivity contribution in [1.82, 2.24) is 9.97 Å². The van der Waals surface area contributed by atoms with Gasteiger partial charge < -0.3 is 15.8 Å². The molecule has 0 saturated carbocycles. The number of rotatable bonds is 5. The predicted molar refractivity (Wildman–Crippen MR) is 60.8 cm³/mol. The van der Waals surface area contributed by atoms with Crippen molar-refractivity contribution in [2.45, 2.75) is 26.8 Å². The molecular weight excluding hydrogens is 192 g/mol. The molecule has 0 aromatic carbocycles. The summed E-state index contributed by atoms with van der Waals surface area (Å²) in [5, 5.41) is 3.20. The van der Waals surface area contributed by atoms with Crippen LogP contribution >= 0.6 is 0 Å². The highest BCUT2D eigenvalue weighted by molar-refractivity contribution is 5.40. The van der Waals surface area contributed by atoms with E-state index in [2.05, 4.69) is 15.3 Å². The first-order valence-electron chi connectivity index (χ1n) is 5.07. The van der Waals surface area contributed by atoms with Crippen LogP contribution in [0.4, 0.5) is 11.8 Å². The fourth-order valence-corrected chi connectivity index (χ4v) is 1.25. The lowest BCUT2D eigenvalue weighted by atomic mass is 10.3. The second-order valence-corrected chi connectivity index (χ2v) is 3.46. The lowest BCUT2D eigenvalue weighted by Gasteiger charge is -2.14. The van der Waals surface area contributed by atoms with Gasteiger partial charge in [-0.1, -0.05) is 0 Å². The molecule has 0 bridgehead atoms. The number of hydrogen-bond donors (Lipinski definition) is 2. The maximum atomic E-state index is 5.54. The van der Waals surface area contributed by atoms with E-state index in [1.807, 2.05) is 26.8 Å². The van der Waals surface area contributed by atoms with Gasteiger partial charge in [0.05, 0.1) is 6.61 Å². The molecule has 1 heterocycles. The van der Waals surface area contributed by atoms with Crippen molar-refractivity contribution >= 4 is 11.8 Å². The van der Waals surface area contributed by atoms with E-state index in [0.29, 0.717) is 12.6 Å². The smallest absolute Gasteiger partial charge is 0.222 e. The number of aromatic nitrogens is 2. The molecule has 0 amide bonds. The molecule has 0 aliphatic heterocycles. The van der Waals surface area contributed by atoms with Crippen LogP contribution in [0.1, 0.15) is 19.5 Å². The van der Waals surface area contributed by atoms with Crippen LogP contribution in [-0.4, -0.2) is 29.2 Å². The summed E-state index contributed by atoms with van der Waals surface area (Å²) in [6.07, 6.45) is 0. The maximum absolute atomic E-state index is 5.54. The normalized spacial score (nSPS) is 12.5. The van der Waals surface area contributed by atoms with E-state index < -0.39 is 0 Å². The van der Waals surface area contributed by atoms with Crippen molar-refractivity contribution in [2.75, 3.05) is 24.3 Å². The van der Waals surface area contributed by atoms with Gasteiger partial charge >= 0.3 is 0 Å². The fraction of sp³-hybridized carbons (Fsp3) is 0.600. The molecule has 0 aliphatic carbocycles. The quantitative estimate of drug-likeness (QED) is 0.764. The van der Waals surface area contributed by atoms with Gasteiger partial charge in [-0.05, 0) is 20.8 Å². The van der Waals surface area contributed by atoms with Crippen LogP contribution < -0.4 is 11.1 Å². The Balaban J connectivity index is 2.56. The van der Waals surface area contributed by atoms with E-state index in [4.69, 9.17) is 10.5 Å². The van der Waals surface area contributed by atoms with E-state index in [1.165, 1.54) is 0 Å². The second kappa shape index (κ2) is 5.50. The highest BCUT2D eigenvalue weighted by atomic mass is 16.5. The lowest BCUT2D eigenvalue weighted by Crippen LogP contribution is -2.22. The first-order chi connectivity index (χ1) is 7.11. The molecule has 5 heteroatoms. The van der Waals surface area contributed by atoms with Gasteiger partial charge in [-0.15, -0.1) is 0 Å². The van der Waals surface area contributed by atoms with Crippen LogP contribution in [0.25, 0.3) is 0 Å². The minimum Gasteiger partial charge on any atom is -0.380 e. The van der Waals surface area contributed by atoms with E-state index in [9.17, 15) is 0 Å². The van der Waals surface area contributed by atoms with Crippen molar-refractivity contribution < 1.29 is 4.74 Å². The molecule has 1 unspecified atom stereocenters. The molecule has 1 aromatic rings. The predicted octanol–water partition coefficient (Wildman–Crippen LogP) is 1.20. The number of nitrogen functional groups attached to an aromatic ring is 1. The average molecular weight is 210 g/mol. The topological polar surface area (TPSA) is 73.1 Å². The van der Waals surface area contributed by atoms with Gasteiger partial charge in [0.1, 0.15) is 5.82 Å². The molecule has 1 rings (SSSR count). The van der Waals surface area contributed by atoms with Gasteiger partial charge in [-0.3, -0.25) is 0 Å². The van der Waals surface area contributed by atoms with Crippen molar-refractivity contribution in [1.29, 1.82) is 0 Å². The average Bonchev–Trinajstić information content (AvgIpc) is 2.13. The Bertz CT molecular complexity index is 296. The van der Waals surface area contributed by atoms with E-state index in [0.717, 1.165) is 18.1 Å². The summed E-state index contributed by atoms with van der Waals surface area (Å²) in [7, 11) is 0. The van der Waals surface area contributed by atoms with Gasteiger partial charge in [0.15, 0.2) is 0 Å². The first kappa shape index (κ1) is 11.7. The van der Waals surface area contributed by atoms with Crippen molar-refractivity contribution in [3.63, 3.8) is 0 Å². The largest absolute Gasteiger partial charge is 0.380 e. The Hall–Kier alpha value is -1.36. The highest BCUT2D eigenvalue weighted by Gasteiger charge is 2.04. The molecule has 0 fully saturated rings. The standard InChI is InChI=1S/C10H18N4O/c1-4-15-6-8(3)12-9-5-7(2)13-10(11)14-9/h5,8H,4,6H2,1-3H3,(H3,11,12,13,14). The maximum Gasteiger partial charge on any atom is 0.222 e. The number of aryl methyl sites for hydroxylation is 1. The molecule has 1 atom stereocenters. The van der Waals surface area contributed by atoms with Crippen LogP contribution in [0, 0.1) is 6.92 Å². The summed E-state index contributed by atoms with van der Waals surface area (Å²) < 4.78 is 5.29. The molecule has 0 aliphatic rings. The first-order valence-corrected chi connectivity index (χ1v) is 5.07.